The summed E-state index contributed by atoms with van der Waals surface area (Å²) in [6, 6.07) is 10.7. The highest BCUT2D eigenvalue weighted by Crippen LogP contribution is 2.34. The van der Waals surface area contributed by atoms with Crippen LogP contribution >= 0.6 is 34.2 Å². The molecular weight excluding hydrogens is 467 g/mol. The van der Waals surface area contributed by atoms with E-state index in [-0.39, 0.29) is 5.57 Å². The minimum Gasteiger partial charge on any atom is -0.493 e. The number of nitrogens with zero attached hydrogens (tertiary/aromatic N) is 1. The number of anilines is 1. The lowest BCUT2D eigenvalue weighted by atomic mass is 10.1. The number of carbonyl (C=O) groups excluding carboxylic acids is 1. The Morgan fingerprint density at radius 2 is 2.04 bits per heavy atom. The van der Waals surface area contributed by atoms with Gasteiger partial charge >= 0.3 is 0 Å². The first-order valence-corrected chi connectivity index (χ1v) is 8.96. The van der Waals surface area contributed by atoms with Gasteiger partial charge in [0.05, 0.1) is 28.5 Å². The summed E-state index contributed by atoms with van der Waals surface area (Å²) < 4.78 is 11.4. The molecule has 7 heteroatoms. The van der Waals surface area contributed by atoms with Gasteiger partial charge in [0.1, 0.15) is 11.6 Å². The van der Waals surface area contributed by atoms with Crippen LogP contribution < -0.4 is 14.8 Å². The molecule has 1 amide bonds. The minimum atomic E-state index is -0.534. The van der Waals surface area contributed by atoms with E-state index in [0.717, 1.165) is 9.13 Å². The van der Waals surface area contributed by atoms with E-state index in [9.17, 15) is 10.1 Å². The number of carbonyl (C=O) groups is 1. The van der Waals surface area contributed by atoms with Crippen LogP contribution in [0.15, 0.2) is 35.9 Å². The molecule has 2 rings (SSSR count). The standard InChI is InChI=1S/C19H16ClIN2O3/c1-11-5-4-6-14(20)17(11)23-19(24)13(10-22)7-12-8-15(21)18(26-3)16(9-12)25-2/h4-9H,1-3H3,(H,23,24)/b13-7+. The molecule has 0 aliphatic heterocycles. The average molecular weight is 483 g/mol. The zero-order valence-electron chi connectivity index (χ0n) is 14.4. The van der Waals surface area contributed by atoms with Crippen molar-refractivity contribution in [2.24, 2.45) is 0 Å². The van der Waals surface area contributed by atoms with Crippen molar-refractivity contribution >= 4 is 51.9 Å². The van der Waals surface area contributed by atoms with Crippen molar-refractivity contribution in [2.75, 3.05) is 19.5 Å². The van der Waals surface area contributed by atoms with Crippen LogP contribution in [-0.2, 0) is 4.79 Å². The van der Waals surface area contributed by atoms with Gasteiger partial charge in [0.25, 0.3) is 5.91 Å². The summed E-state index contributed by atoms with van der Waals surface area (Å²) in [6.45, 7) is 1.83. The van der Waals surface area contributed by atoms with Crippen LogP contribution in [0.3, 0.4) is 0 Å². The molecule has 0 aliphatic rings. The third-order valence-corrected chi connectivity index (χ3v) is 4.71. The number of methoxy groups -OCH3 is 2. The van der Waals surface area contributed by atoms with Crippen molar-refractivity contribution in [3.05, 3.63) is 55.6 Å². The maximum absolute atomic E-state index is 12.5. The molecule has 0 heterocycles. The fourth-order valence-electron chi connectivity index (χ4n) is 2.31. The molecule has 0 aliphatic carbocycles. The molecule has 0 aromatic heterocycles. The lowest BCUT2D eigenvalue weighted by Crippen LogP contribution is -2.14. The Morgan fingerprint density at radius 1 is 1.31 bits per heavy atom. The van der Waals surface area contributed by atoms with Crippen LogP contribution in [0.25, 0.3) is 6.08 Å². The summed E-state index contributed by atoms with van der Waals surface area (Å²) >= 11 is 8.23. The van der Waals surface area contributed by atoms with Gasteiger partial charge in [-0.1, -0.05) is 23.7 Å². The van der Waals surface area contributed by atoms with Crippen LogP contribution in [0.5, 0.6) is 11.5 Å². The Morgan fingerprint density at radius 3 is 2.62 bits per heavy atom. The van der Waals surface area contributed by atoms with E-state index < -0.39 is 5.91 Å². The third-order valence-electron chi connectivity index (χ3n) is 3.59. The van der Waals surface area contributed by atoms with Gasteiger partial charge in [-0.3, -0.25) is 4.79 Å². The van der Waals surface area contributed by atoms with Crippen molar-refractivity contribution in [3.8, 4) is 17.6 Å². The molecule has 26 heavy (non-hydrogen) atoms. The zero-order chi connectivity index (χ0) is 19.3. The van der Waals surface area contributed by atoms with E-state index in [0.29, 0.717) is 27.8 Å². The van der Waals surface area contributed by atoms with E-state index in [2.05, 4.69) is 27.9 Å². The lowest BCUT2D eigenvalue weighted by Gasteiger charge is -2.11. The average Bonchev–Trinajstić information content (AvgIpc) is 2.62. The van der Waals surface area contributed by atoms with Crippen LogP contribution in [0.2, 0.25) is 5.02 Å². The topological polar surface area (TPSA) is 71.3 Å². The highest BCUT2D eigenvalue weighted by Gasteiger charge is 2.15. The number of nitrogens with one attached hydrogen (secondary N) is 1. The molecule has 2 aromatic rings. The molecular formula is C19H16ClIN2O3. The molecule has 0 saturated heterocycles. The summed E-state index contributed by atoms with van der Waals surface area (Å²) in [7, 11) is 3.08. The Kier molecular flexibility index (Phi) is 6.89. The van der Waals surface area contributed by atoms with Gasteiger partial charge in [-0.15, -0.1) is 0 Å². The third kappa shape index (κ3) is 4.48. The van der Waals surface area contributed by atoms with Gasteiger partial charge in [0.2, 0.25) is 0 Å². The Balaban J connectivity index is 2.38. The quantitative estimate of drug-likeness (QED) is 0.377. The largest absolute Gasteiger partial charge is 0.493 e. The van der Waals surface area contributed by atoms with Crippen LogP contribution in [0, 0.1) is 21.8 Å². The van der Waals surface area contributed by atoms with Crippen molar-refractivity contribution in [1.82, 2.24) is 0 Å². The van der Waals surface area contributed by atoms with Crippen LogP contribution in [0.4, 0.5) is 5.69 Å². The fourth-order valence-corrected chi connectivity index (χ4v) is 3.42. The smallest absolute Gasteiger partial charge is 0.266 e. The molecule has 0 radical (unpaired) electrons. The van der Waals surface area contributed by atoms with E-state index in [1.807, 2.05) is 19.1 Å². The number of para-hydroxylation sites is 1. The zero-order valence-corrected chi connectivity index (χ0v) is 17.3. The molecule has 134 valence electrons. The van der Waals surface area contributed by atoms with Crippen molar-refractivity contribution in [1.29, 1.82) is 5.26 Å². The maximum Gasteiger partial charge on any atom is 0.266 e. The summed E-state index contributed by atoms with van der Waals surface area (Å²) in [5, 5.41) is 12.5. The van der Waals surface area contributed by atoms with Crippen molar-refractivity contribution in [2.45, 2.75) is 6.92 Å². The SMILES string of the molecule is COc1cc(/C=C(\C#N)C(=O)Nc2c(C)cccc2Cl)cc(I)c1OC. The first-order valence-electron chi connectivity index (χ1n) is 7.51. The van der Waals surface area contributed by atoms with Crippen LogP contribution in [0.1, 0.15) is 11.1 Å². The second-order valence-corrected chi connectivity index (χ2v) is 6.86. The number of halogens is 2. The number of aryl methyl sites for hydroxylation is 1. The van der Waals surface area contributed by atoms with Gasteiger partial charge in [0, 0.05) is 0 Å². The molecule has 2 aromatic carbocycles. The predicted octanol–water partition coefficient (Wildman–Crippen LogP) is 4.82. The summed E-state index contributed by atoms with van der Waals surface area (Å²) in [4.78, 5) is 12.5. The van der Waals surface area contributed by atoms with Gasteiger partial charge < -0.3 is 14.8 Å². The van der Waals surface area contributed by atoms with E-state index >= 15 is 0 Å². The molecule has 1 N–H and O–H groups in total. The number of hydrogen-bond acceptors (Lipinski definition) is 4. The Hall–Kier alpha value is -2.24. The minimum absolute atomic E-state index is 0.0488. The van der Waals surface area contributed by atoms with E-state index in [1.54, 1.807) is 31.4 Å². The molecule has 0 spiro atoms. The normalized spacial score (nSPS) is 10.8. The van der Waals surface area contributed by atoms with E-state index in [4.69, 9.17) is 21.1 Å². The number of amides is 1. The first-order chi connectivity index (χ1) is 12.4. The molecule has 0 fully saturated rings. The number of nitriles is 1. The van der Waals surface area contributed by atoms with Gasteiger partial charge in [-0.2, -0.15) is 5.26 Å². The molecule has 0 unspecified atom stereocenters. The number of rotatable bonds is 5. The number of ether oxygens (including phenoxy) is 2. The monoisotopic (exact) mass is 482 g/mol. The summed E-state index contributed by atoms with van der Waals surface area (Å²) in [5.74, 6) is 0.582. The first kappa shape index (κ1) is 20.1. The maximum atomic E-state index is 12.5. The Labute approximate surface area is 170 Å². The van der Waals surface area contributed by atoms with Gasteiger partial charge in [0.15, 0.2) is 11.5 Å². The lowest BCUT2D eigenvalue weighted by molar-refractivity contribution is -0.112. The highest BCUT2D eigenvalue weighted by molar-refractivity contribution is 14.1. The van der Waals surface area contributed by atoms with E-state index in [1.165, 1.54) is 13.2 Å². The van der Waals surface area contributed by atoms with Gasteiger partial charge in [-0.25, -0.2) is 0 Å². The molecule has 0 saturated carbocycles. The predicted molar refractivity (Wildman–Crippen MR) is 111 cm³/mol. The highest BCUT2D eigenvalue weighted by atomic mass is 127. The number of benzene rings is 2. The summed E-state index contributed by atoms with van der Waals surface area (Å²) in [6.07, 6.45) is 1.49. The number of hydrogen-bond donors (Lipinski definition) is 1. The molecule has 0 bridgehead atoms. The summed E-state index contributed by atoms with van der Waals surface area (Å²) in [5.41, 5.74) is 1.90. The van der Waals surface area contributed by atoms with Crippen LogP contribution in [-0.4, -0.2) is 20.1 Å². The molecule has 0 atom stereocenters. The second kappa shape index (κ2) is 8.92. The Bertz CT molecular complexity index is 899. The van der Waals surface area contributed by atoms with Crippen molar-refractivity contribution < 1.29 is 14.3 Å². The molecule has 5 nitrogen and oxygen atoms in total. The van der Waals surface area contributed by atoms with Gasteiger partial charge in [-0.05, 0) is 64.9 Å². The second-order valence-electron chi connectivity index (χ2n) is 5.29. The fraction of sp³-hybridized carbons (Fsp3) is 0.158. The van der Waals surface area contributed by atoms with Crippen molar-refractivity contribution in [3.63, 3.8) is 0 Å².